The van der Waals surface area contributed by atoms with Gasteiger partial charge in [-0.3, -0.25) is 4.79 Å². The van der Waals surface area contributed by atoms with Gasteiger partial charge in [-0.15, -0.1) is 23.7 Å². The molecule has 136 valence electrons. The van der Waals surface area contributed by atoms with Gasteiger partial charge in [0, 0.05) is 37.1 Å². The maximum absolute atomic E-state index is 13.2. The van der Waals surface area contributed by atoms with Crippen molar-refractivity contribution in [3.05, 3.63) is 51.7 Å². The van der Waals surface area contributed by atoms with Crippen molar-refractivity contribution < 1.29 is 13.9 Å². The van der Waals surface area contributed by atoms with E-state index >= 15 is 0 Å². The van der Waals surface area contributed by atoms with Crippen LogP contribution in [0.2, 0.25) is 0 Å². The Bertz CT molecular complexity index is 702. The van der Waals surface area contributed by atoms with E-state index in [0.717, 1.165) is 23.4 Å². The van der Waals surface area contributed by atoms with E-state index in [1.807, 2.05) is 0 Å². The first-order valence-electron chi connectivity index (χ1n) is 7.89. The normalized spacial score (nSPS) is 16.1. The summed E-state index contributed by atoms with van der Waals surface area (Å²) in [5.41, 5.74) is 6.71. The van der Waals surface area contributed by atoms with Crippen LogP contribution in [0.5, 0.6) is 0 Å². The topological polar surface area (TPSA) is 77.2 Å². The average Bonchev–Trinajstić information content (AvgIpc) is 3.10. The molecule has 1 aromatic carbocycles. The summed E-state index contributed by atoms with van der Waals surface area (Å²) in [5.74, 6) is -0.472. The van der Waals surface area contributed by atoms with Crippen LogP contribution < -0.4 is 11.1 Å². The van der Waals surface area contributed by atoms with Crippen LogP contribution in [0.25, 0.3) is 0 Å². The van der Waals surface area contributed by atoms with Gasteiger partial charge >= 0.3 is 0 Å². The van der Waals surface area contributed by atoms with E-state index < -0.39 is 0 Å². The van der Waals surface area contributed by atoms with E-state index in [-0.39, 0.29) is 29.5 Å². The molecule has 1 saturated heterocycles. The molecule has 1 aromatic heterocycles. The second-order valence-corrected chi connectivity index (χ2v) is 6.86. The summed E-state index contributed by atoms with van der Waals surface area (Å²) >= 11 is 1.38. The molecule has 0 saturated carbocycles. The lowest BCUT2D eigenvalue weighted by Gasteiger charge is -2.37. The number of carbonyl (C=O) groups excluding carboxylic acids is 1. The third-order valence-electron chi connectivity index (χ3n) is 4.45. The number of thiazole rings is 1. The maximum Gasteiger partial charge on any atom is 0.270 e. The van der Waals surface area contributed by atoms with E-state index in [1.165, 1.54) is 23.5 Å². The number of nitrogens with one attached hydrogen (secondary N) is 1. The maximum atomic E-state index is 13.2. The monoisotopic (exact) mass is 385 g/mol. The third-order valence-corrected chi connectivity index (χ3v) is 5.32. The Morgan fingerprint density at radius 1 is 1.32 bits per heavy atom. The van der Waals surface area contributed by atoms with Crippen LogP contribution in [-0.4, -0.2) is 30.6 Å². The number of carbonyl (C=O) groups is 1. The number of rotatable bonds is 5. The zero-order valence-corrected chi connectivity index (χ0v) is 15.3. The van der Waals surface area contributed by atoms with Gasteiger partial charge in [0.1, 0.15) is 16.5 Å². The summed E-state index contributed by atoms with van der Waals surface area (Å²) in [6.45, 7) is 2.05. The molecule has 2 aromatic rings. The number of aromatic nitrogens is 1. The molecule has 0 radical (unpaired) electrons. The summed E-state index contributed by atoms with van der Waals surface area (Å²) in [4.78, 5) is 16.6. The molecule has 8 heteroatoms. The van der Waals surface area contributed by atoms with Crippen molar-refractivity contribution in [1.29, 1.82) is 0 Å². The fourth-order valence-corrected chi connectivity index (χ4v) is 3.64. The summed E-state index contributed by atoms with van der Waals surface area (Å²) in [7, 11) is 0. The van der Waals surface area contributed by atoms with Crippen molar-refractivity contribution in [1.82, 2.24) is 10.3 Å². The fourth-order valence-electron chi connectivity index (χ4n) is 2.98. The summed E-state index contributed by atoms with van der Waals surface area (Å²) in [5, 5.41) is 5.43. The molecule has 1 amide bonds. The second-order valence-electron chi connectivity index (χ2n) is 5.91. The molecule has 1 fully saturated rings. The highest BCUT2D eigenvalue weighted by atomic mass is 35.5. The predicted molar refractivity (Wildman–Crippen MR) is 97.7 cm³/mol. The highest BCUT2D eigenvalue weighted by Gasteiger charge is 2.35. The highest BCUT2D eigenvalue weighted by Crippen LogP contribution is 2.34. The van der Waals surface area contributed by atoms with Crippen LogP contribution in [0, 0.1) is 5.82 Å². The highest BCUT2D eigenvalue weighted by molar-refractivity contribution is 7.09. The van der Waals surface area contributed by atoms with E-state index in [4.69, 9.17) is 10.5 Å². The largest absolute Gasteiger partial charge is 0.381 e. The van der Waals surface area contributed by atoms with Crippen molar-refractivity contribution >= 4 is 29.7 Å². The Labute approximate surface area is 156 Å². The minimum Gasteiger partial charge on any atom is -0.381 e. The molecule has 0 unspecified atom stereocenters. The zero-order chi connectivity index (χ0) is 17.0. The lowest BCUT2D eigenvalue weighted by atomic mass is 9.74. The molecule has 0 atom stereocenters. The van der Waals surface area contributed by atoms with Gasteiger partial charge in [-0.1, -0.05) is 12.1 Å². The van der Waals surface area contributed by atoms with Crippen molar-refractivity contribution in [3.8, 4) is 0 Å². The molecule has 0 spiro atoms. The molecular formula is C17H21ClFN3O2S. The van der Waals surface area contributed by atoms with E-state index in [9.17, 15) is 9.18 Å². The molecular weight excluding hydrogens is 365 g/mol. The molecule has 3 rings (SSSR count). The molecule has 2 heterocycles. The summed E-state index contributed by atoms with van der Waals surface area (Å²) < 4.78 is 18.7. The van der Waals surface area contributed by atoms with Crippen LogP contribution >= 0.6 is 23.7 Å². The second kappa shape index (κ2) is 8.71. The van der Waals surface area contributed by atoms with E-state index in [2.05, 4.69) is 10.3 Å². The van der Waals surface area contributed by atoms with Crippen LogP contribution in [0.1, 0.15) is 33.9 Å². The van der Waals surface area contributed by atoms with E-state index in [0.29, 0.717) is 32.0 Å². The fraction of sp³-hybridized carbons (Fsp3) is 0.412. The third kappa shape index (κ3) is 4.55. The molecule has 1 aliphatic heterocycles. The first kappa shape index (κ1) is 19.8. The molecule has 3 N–H and O–H groups in total. The number of hydrogen-bond acceptors (Lipinski definition) is 5. The van der Waals surface area contributed by atoms with Gasteiger partial charge in [0.05, 0.1) is 0 Å². The summed E-state index contributed by atoms with van der Waals surface area (Å²) in [6, 6.07) is 6.51. The van der Waals surface area contributed by atoms with Crippen LogP contribution in [0.4, 0.5) is 4.39 Å². The number of hydrogen-bond donors (Lipinski definition) is 2. The Kier molecular flexibility index (Phi) is 6.89. The van der Waals surface area contributed by atoms with Crippen molar-refractivity contribution in [2.75, 3.05) is 19.8 Å². The molecule has 0 aliphatic carbocycles. The first-order valence-corrected chi connectivity index (χ1v) is 8.77. The molecule has 5 nitrogen and oxygen atoms in total. The van der Waals surface area contributed by atoms with Gasteiger partial charge in [0.25, 0.3) is 5.91 Å². The molecule has 25 heavy (non-hydrogen) atoms. The number of halogens is 2. The van der Waals surface area contributed by atoms with Gasteiger partial charge in [-0.25, -0.2) is 9.37 Å². The Morgan fingerprint density at radius 2 is 2.00 bits per heavy atom. The van der Waals surface area contributed by atoms with Crippen molar-refractivity contribution in [2.24, 2.45) is 5.73 Å². The quantitative estimate of drug-likeness (QED) is 0.829. The van der Waals surface area contributed by atoms with Crippen LogP contribution in [0.15, 0.2) is 29.6 Å². The Hall–Kier alpha value is -1.54. The standard InChI is InChI=1S/C17H20FN3O2S.ClH/c18-13-3-1-12(2-4-13)17(5-7-23-8-6-17)11-20-16(22)14-10-24-15(9-19)21-14;/h1-4,10H,5-9,11,19H2,(H,20,22);1H. The van der Waals surface area contributed by atoms with Crippen LogP contribution in [0.3, 0.4) is 0 Å². The Morgan fingerprint density at radius 3 is 2.60 bits per heavy atom. The van der Waals surface area contributed by atoms with E-state index in [1.54, 1.807) is 17.5 Å². The van der Waals surface area contributed by atoms with Gasteiger partial charge in [-0.05, 0) is 30.5 Å². The average molecular weight is 386 g/mol. The number of ether oxygens (including phenoxy) is 1. The molecule has 0 bridgehead atoms. The van der Waals surface area contributed by atoms with Gasteiger partial charge < -0.3 is 15.8 Å². The van der Waals surface area contributed by atoms with Gasteiger partial charge in [0.15, 0.2) is 0 Å². The first-order chi connectivity index (χ1) is 11.6. The zero-order valence-electron chi connectivity index (χ0n) is 13.7. The van der Waals surface area contributed by atoms with Crippen LogP contribution in [-0.2, 0) is 16.7 Å². The van der Waals surface area contributed by atoms with Gasteiger partial charge in [0.2, 0.25) is 0 Å². The molecule has 1 aliphatic rings. The van der Waals surface area contributed by atoms with Gasteiger partial charge in [-0.2, -0.15) is 0 Å². The minimum atomic E-state index is -0.262. The SMILES string of the molecule is Cl.NCc1nc(C(=O)NCC2(c3ccc(F)cc3)CCOCC2)cs1. The number of benzene rings is 1. The number of amides is 1. The number of nitrogens with two attached hydrogens (primary N) is 1. The predicted octanol–water partition coefficient (Wildman–Crippen LogP) is 2.64. The summed E-state index contributed by atoms with van der Waals surface area (Å²) in [6.07, 6.45) is 1.56. The lowest BCUT2D eigenvalue weighted by molar-refractivity contribution is 0.0486. The number of nitrogens with zero attached hydrogens (tertiary/aromatic N) is 1. The Balaban J connectivity index is 0.00000225. The van der Waals surface area contributed by atoms with Crippen molar-refractivity contribution in [3.63, 3.8) is 0 Å². The minimum absolute atomic E-state index is 0. The smallest absolute Gasteiger partial charge is 0.270 e. The van der Waals surface area contributed by atoms with Crippen molar-refractivity contribution in [2.45, 2.75) is 24.8 Å². The lowest BCUT2D eigenvalue weighted by Crippen LogP contribution is -2.44.